The lowest BCUT2D eigenvalue weighted by Crippen LogP contribution is -2.20. The second-order valence-corrected chi connectivity index (χ2v) is 6.49. The van der Waals surface area contributed by atoms with Crippen molar-refractivity contribution in [2.45, 2.75) is 13.5 Å². The normalized spacial score (nSPS) is 10.9. The molecule has 5 nitrogen and oxygen atoms in total. The van der Waals surface area contributed by atoms with Gasteiger partial charge in [-0.2, -0.15) is 5.10 Å². The molecule has 0 fully saturated rings. The van der Waals surface area contributed by atoms with Crippen molar-refractivity contribution in [3.63, 3.8) is 0 Å². The zero-order chi connectivity index (χ0) is 15.7. The number of aromatic nitrogens is 3. The van der Waals surface area contributed by atoms with E-state index in [0.717, 1.165) is 25.5 Å². The van der Waals surface area contributed by atoms with Gasteiger partial charge in [0.2, 0.25) is 5.91 Å². The minimum atomic E-state index is -0.145. The SMILES string of the molecule is Cc1c(Br)cnn1CC(=O)Nc1ccc(Br)c2cccnc12. The summed E-state index contributed by atoms with van der Waals surface area (Å²) in [4.78, 5) is 16.6. The largest absolute Gasteiger partial charge is 0.323 e. The van der Waals surface area contributed by atoms with E-state index in [1.165, 1.54) is 0 Å². The maximum Gasteiger partial charge on any atom is 0.246 e. The molecule has 0 saturated carbocycles. The fraction of sp³-hybridized carbons (Fsp3) is 0.133. The summed E-state index contributed by atoms with van der Waals surface area (Å²) in [6, 6.07) is 7.55. The lowest BCUT2D eigenvalue weighted by Gasteiger charge is -2.10. The lowest BCUT2D eigenvalue weighted by atomic mass is 10.2. The number of fused-ring (bicyclic) bond motifs is 1. The summed E-state index contributed by atoms with van der Waals surface area (Å²) in [5.41, 5.74) is 2.35. The van der Waals surface area contributed by atoms with E-state index >= 15 is 0 Å². The average molecular weight is 424 g/mol. The van der Waals surface area contributed by atoms with Crippen molar-refractivity contribution < 1.29 is 4.79 Å². The number of pyridine rings is 1. The first kappa shape index (κ1) is 15.2. The van der Waals surface area contributed by atoms with Gasteiger partial charge in [-0.05, 0) is 41.1 Å². The van der Waals surface area contributed by atoms with Crippen molar-refractivity contribution in [3.8, 4) is 0 Å². The summed E-state index contributed by atoms with van der Waals surface area (Å²) in [7, 11) is 0. The highest BCUT2D eigenvalue weighted by atomic mass is 79.9. The molecule has 1 amide bonds. The lowest BCUT2D eigenvalue weighted by molar-refractivity contribution is -0.116. The topological polar surface area (TPSA) is 59.8 Å². The molecule has 3 aromatic rings. The van der Waals surface area contributed by atoms with Crippen LogP contribution in [0.5, 0.6) is 0 Å². The Hall–Kier alpha value is -1.73. The number of benzene rings is 1. The molecule has 1 N–H and O–H groups in total. The van der Waals surface area contributed by atoms with Crippen LogP contribution in [0.3, 0.4) is 0 Å². The molecule has 0 aliphatic carbocycles. The maximum atomic E-state index is 12.2. The van der Waals surface area contributed by atoms with Gasteiger partial charge in [-0.1, -0.05) is 22.0 Å². The van der Waals surface area contributed by atoms with Gasteiger partial charge in [0, 0.05) is 16.1 Å². The van der Waals surface area contributed by atoms with Gasteiger partial charge in [-0.15, -0.1) is 0 Å². The third kappa shape index (κ3) is 2.91. The van der Waals surface area contributed by atoms with Crippen LogP contribution in [0.1, 0.15) is 5.69 Å². The standard InChI is InChI=1S/C15H12Br2N4O/c1-9-12(17)7-19-21(9)8-14(22)20-13-5-4-11(16)10-3-2-6-18-15(10)13/h2-7H,8H2,1H3,(H,20,22). The number of nitrogens with one attached hydrogen (secondary N) is 1. The first-order valence-electron chi connectivity index (χ1n) is 6.57. The monoisotopic (exact) mass is 422 g/mol. The zero-order valence-electron chi connectivity index (χ0n) is 11.7. The molecule has 3 rings (SSSR count). The molecule has 0 aliphatic heterocycles. The minimum Gasteiger partial charge on any atom is -0.323 e. The van der Waals surface area contributed by atoms with Crippen LogP contribution in [0.15, 0.2) is 45.6 Å². The van der Waals surface area contributed by atoms with E-state index in [1.807, 2.05) is 31.2 Å². The van der Waals surface area contributed by atoms with Gasteiger partial charge in [0.05, 0.1) is 27.6 Å². The van der Waals surface area contributed by atoms with Crippen molar-refractivity contribution in [1.29, 1.82) is 0 Å². The highest BCUT2D eigenvalue weighted by molar-refractivity contribution is 9.11. The summed E-state index contributed by atoms with van der Waals surface area (Å²) >= 11 is 6.87. The van der Waals surface area contributed by atoms with E-state index in [1.54, 1.807) is 17.1 Å². The molecule has 0 bridgehead atoms. The summed E-state index contributed by atoms with van der Waals surface area (Å²) in [6.07, 6.45) is 3.39. The highest BCUT2D eigenvalue weighted by Crippen LogP contribution is 2.28. The molecule has 2 heterocycles. The van der Waals surface area contributed by atoms with Gasteiger partial charge in [0.25, 0.3) is 0 Å². The van der Waals surface area contributed by atoms with Crippen LogP contribution in [0, 0.1) is 6.92 Å². The van der Waals surface area contributed by atoms with Crippen molar-refractivity contribution in [3.05, 3.63) is 51.3 Å². The third-order valence-electron chi connectivity index (χ3n) is 3.33. The van der Waals surface area contributed by atoms with Gasteiger partial charge in [0.15, 0.2) is 0 Å². The van der Waals surface area contributed by atoms with Gasteiger partial charge < -0.3 is 5.32 Å². The van der Waals surface area contributed by atoms with Crippen molar-refractivity contribution in [2.24, 2.45) is 0 Å². The van der Waals surface area contributed by atoms with Crippen LogP contribution >= 0.6 is 31.9 Å². The highest BCUT2D eigenvalue weighted by Gasteiger charge is 2.11. The number of halogens is 2. The van der Waals surface area contributed by atoms with E-state index in [2.05, 4.69) is 47.3 Å². The number of amides is 1. The molecular weight excluding hydrogens is 412 g/mol. The molecule has 0 saturated heterocycles. The maximum absolute atomic E-state index is 12.2. The first-order chi connectivity index (χ1) is 10.6. The Balaban J connectivity index is 1.86. The van der Waals surface area contributed by atoms with E-state index in [4.69, 9.17) is 0 Å². The molecule has 22 heavy (non-hydrogen) atoms. The van der Waals surface area contributed by atoms with Crippen LogP contribution in [0.2, 0.25) is 0 Å². The fourth-order valence-corrected chi connectivity index (χ4v) is 2.90. The Labute approximate surface area is 144 Å². The van der Waals surface area contributed by atoms with Gasteiger partial charge in [-0.25, -0.2) is 0 Å². The first-order valence-corrected chi connectivity index (χ1v) is 8.16. The molecule has 0 spiro atoms. The number of rotatable bonds is 3. The molecule has 0 radical (unpaired) electrons. The van der Waals surface area contributed by atoms with Crippen LogP contribution in [0.4, 0.5) is 5.69 Å². The van der Waals surface area contributed by atoms with Gasteiger partial charge >= 0.3 is 0 Å². The second-order valence-electron chi connectivity index (χ2n) is 4.78. The third-order valence-corrected chi connectivity index (χ3v) is 4.80. The number of nitrogens with zero attached hydrogens (tertiary/aromatic N) is 3. The van der Waals surface area contributed by atoms with Crippen molar-refractivity contribution >= 4 is 54.4 Å². The Morgan fingerprint density at radius 3 is 2.82 bits per heavy atom. The van der Waals surface area contributed by atoms with E-state index in [-0.39, 0.29) is 12.5 Å². The zero-order valence-corrected chi connectivity index (χ0v) is 14.8. The molecule has 1 aromatic carbocycles. The summed E-state index contributed by atoms with van der Waals surface area (Å²) < 4.78 is 3.48. The van der Waals surface area contributed by atoms with Crippen LogP contribution < -0.4 is 5.32 Å². The Morgan fingerprint density at radius 2 is 2.09 bits per heavy atom. The van der Waals surface area contributed by atoms with E-state index in [0.29, 0.717) is 5.69 Å². The van der Waals surface area contributed by atoms with Gasteiger partial charge in [-0.3, -0.25) is 14.5 Å². The quantitative estimate of drug-likeness (QED) is 0.694. The second kappa shape index (κ2) is 6.18. The van der Waals surface area contributed by atoms with Crippen molar-refractivity contribution in [2.75, 3.05) is 5.32 Å². The molecule has 0 aliphatic rings. The molecule has 0 unspecified atom stereocenters. The fourth-order valence-electron chi connectivity index (χ4n) is 2.15. The Kier molecular flexibility index (Phi) is 4.26. The number of anilines is 1. The predicted molar refractivity (Wildman–Crippen MR) is 92.7 cm³/mol. The van der Waals surface area contributed by atoms with Gasteiger partial charge in [0.1, 0.15) is 6.54 Å². The number of carbonyl (C=O) groups is 1. The molecular formula is C15H12Br2N4O. The minimum absolute atomic E-state index is 0.145. The number of hydrogen-bond acceptors (Lipinski definition) is 3. The van der Waals surface area contributed by atoms with Crippen LogP contribution in [0.25, 0.3) is 10.9 Å². The number of hydrogen-bond donors (Lipinski definition) is 1. The van der Waals surface area contributed by atoms with E-state index < -0.39 is 0 Å². The summed E-state index contributed by atoms with van der Waals surface area (Å²) in [6.45, 7) is 2.06. The summed E-state index contributed by atoms with van der Waals surface area (Å²) in [5, 5.41) is 8.01. The Bertz CT molecular complexity index is 860. The average Bonchev–Trinajstić information content (AvgIpc) is 2.82. The smallest absolute Gasteiger partial charge is 0.246 e. The van der Waals surface area contributed by atoms with Crippen LogP contribution in [-0.4, -0.2) is 20.7 Å². The predicted octanol–water partition coefficient (Wildman–Crippen LogP) is 3.90. The molecule has 0 atom stereocenters. The van der Waals surface area contributed by atoms with Crippen molar-refractivity contribution in [1.82, 2.24) is 14.8 Å². The molecule has 2 aromatic heterocycles. The Morgan fingerprint density at radius 1 is 1.27 bits per heavy atom. The van der Waals surface area contributed by atoms with E-state index in [9.17, 15) is 4.79 Å². The molecule has 112 valence electrons. The number of carbonyl (C=O) groups excluding carboxylic acids is 1. The van der Waals surface area contributed by atoms with Crippen LogP contribution in [-0.2, 0) is 11.3 Å². The molecule has 7 heteroatoms. The summed E-state index contributed by atoms with van der Waals surface area (Å²) in [5.74, 6) is -0.145.